The topological polar surface area (TPSA) is 100 Å². The summed E-state index contributed by atoms with van der Waals surface area (Å²) in [5.41, 5.74) is 1.24. The summed E-state index contributed by atoms with van der Waals surface area (Å²) in [6, 6.07) is 14.5. The van der Waals surface area contributed by atoms with Crippen molar-refractivity contribution in [1.82, 2.24) is 15.6 Å². The molecule has 0 unspecified atom stereocenters. The normalized spacial score (nSPS) is 10.5. The highest BCUT2D eigenvalue weighted by atomic mass is 16.5. The Kier molecular flexibility index (Phi) is 6.06. The Labute approximate surface area is 161 Å². The summed E-state index contributed by atoms with van der Waals surface area (Å²) in [4.78, 5) is 39.6. The summed E-state index contributed by atoms with van der Waals surface area (Å²) in [6.07, 6.45) is 1.97. The fourth-order valence-corrected chi connectivity index (χ4v) is 2.90. The first-order valence-corrected chi connectivity index (χ1v) is 8.87. The lowest BCUT2D eigenvalue weighted by atomic mass is 10.1. The van der Waals surface area contributed by atoms with Crippen molar-refractivity contribution in [2.24, 2.45) is 0 Å². The molecule has 0 atom stereocenters. The van der Waals surface area contributed by atoms with Crippen LogP contribution in [0.5, 0.6) is 5.75 Å². The second-order valence-corrected chi connectivity index (χ2v) is 6.17. The average molecular weight is 379 g/mol. The summed E-state index contributed by atoms with van der Waals surface area (Å²) in [6.45, 7) is 0.197. The van der Waals surface area contributed by atoms with Crippen LogP contribution in [0.1, 0.15) is 15.9 Å². The van der Waals surface area contributed by atoms with Crippen LogP contribution in [0.4, 0.5) is 0 Å². The minimum absolute atomic E-state index is 0.0273. The van der Waals surface area contributed by atoms with Gasteiger partial charge in [-0.05, 0) is 30.2 Å². The van der Waals surface area contributed by atoms with Gasteiger partial charge in [0.15, 0.2) is 0 Å². The molecule has 1 heterocycles. The van der Waals surface area contributed by atoms with Crippen molar-refractivity contribution >= 4 is 22.7 Å². The fourth-order valence-electron chi connectivity index (χ4n) is 2.90. The lowest BCUT2D eigenvalue weighted by Crippen LogP contribution is -2.39. The second kappa shape index (κ2) is 8.85. The van der Waals surface area contributed by atoms with Crippen LogP contribution in [0, 0.1) is 0 Å². The van der Waals surface area contributed by atoms with Gasteiger partial charge >= 0.3 is 0 Å². The number of carbonyl (C=O) groups is 2. The van der Waals surface area contributed by atoms with Gasteiger partial charge in [-0.25, -0.2) is 0 Å². The summed E-state index contributed by atoms with van der Waals surface area (Å²) >= 11 is 0. The molecule has 2 amide bonds. The molecule has 0 fully saturated rings. The molecule has 7 heteroatoms. The monoisotopic (exact) mass is 379 g/mol. The number of aromatic nitrogens is 1. The Morgan fingerprint density at radius 3 is 2.61 bits per heavy atom. The molecule has 2 aromatic carbocycles. The van der Waals surface area contributed by atoms with E-state index < -0.39 is 5.91 Å². The molecule has 0 aliphatic heterocycles. The Balaban J connectivity index is 1.53. The van der Waals surface area contributed by atoms with E-state index in [2.05, 4.69) is 15.6 Å². The molecular formula is C21H21N3O4. The zero-order chi connectivity index (χ0) is 19.9. The van der Waals surface area contributed by atoms with E-state index in [1.807, 2.05) is 24.3 Å². The number of ether oxygens (including phenoxy) is 1. The van der Waals surface area contributed by atoms with Gasteiger partial charge in [0.2, 0.25) is 11.3 Å². The van der Waals surface area contributed by atoms with Gasteiger partial charge in [0, 0.05) is 23.6 Å². The summed E-state index contributed by atoms with van der Waals surface area (Å²) in [5.74, 6) is -0.159. The third kappa shape index (κ3) is 4.37. The van der Waals surface area contributed by atoms with Crippen LogP contribution in [0.15, 0.2) is 59.5 Å². The molecule has 0 aliphatic carbocycles. The van der Waals surface area contributed by atoms with Gasteiger partial charge in [-0.3, -0.25) is 14.4 Å². The van der Waals surface area contributed by atoms with E-state index in [1.54, 1.807) is 31.4 Å². The van der Waals surface area contributed by atoms with E-state index >= 15 is 0 Å². The summed E-state index contributed by atoms with van der Waals surface area (Å²) in [7, 11) is 1.60. The van der Waals surface area contributed by atoms with Crippen LogP contribution in [0.3, 0.4) is 0 Å². The zero-order valence-corrected chi connectivity index (χ0v) is 15.5. The number of hydrogen-bond donors (Lipinski definition) is 3. The maximum absolute atomic E-state index is 12.4. The molecular weight excluding hydrogens is 358 g/mol. The van der Waals surface area contributed by atoms with Crippen LogP contribution < -0.4 is 20.8 Å². The van der Waals surface area contributed by atoms with E-state index in [-0.39, 0.29) is 23.4 Å². The van der Waals surface area contributed by atoms with E-state index in [4.69, 9.17) is 4.74 Å². The molecule has 3 rings (SSSR count). The van der Waals surface area contributed by atoms with E-state index in [0.717, 1.165) is 11.3 Å². The SMILES string of the molecule is COc1ccccc1CCNC(=O)CNC(=O)c1c[nH]c2ccccc2c1=O. The highest BCUT2D eigenvalue weighted by Gasteiger charge is 2.13. The Hall–Kier alpha value is -3.61. The van der Waals surface area contributed by atoms with E-state index in [9.17, 15) is 14.4 Å². The largest absolute Gasteiger partial charge is 0.496 e. The first-order chi connectivity index (χ1) is 13.6. The van der Waals surface area contributed by atoms with Crippen molar-refractivity contribution in [2.45, 2.75) is 6.42 Å². The number of nitrogens with one attached hydrogen (secondary N) is 3. The standard InChI is InChI=1S/C21H21N3O4/c1-28-18-9-5-2-6-14(18)10-11-22-19(25)13-24-21(27)16-12-23-17-8-4-3-7-15(17)20(16)26/h2-9,12H,10-11,13H2,1H3,(H,22,25)(H,23,26)(H,24,27). The summed E-state index contributed by atoms with van der Waals surface area (Å²) in [5, 5.41) is 5.65. The number of pyridine rings is 1. The third-order valence-corrected chi connectivity index (χ3v) is 4.35. The van der Waals surface area contributed by atoms with Crippen molar-refractivity contribution < 1.29 is 14.3 Å². The molecule has 0 spiro atoms. The van der Waals surface area contributed by atoms with Crippen molar-refractivity contribution in [3.05, 3.63) is 76.1 Å². The van der Waals surface area contributed by atoms with Crippen molar-refractivity contribution in [1.29, 1.82) is 0 Å². The van der Waals surface area contributed by atoms with E-state index in [0.29, 0.717) is 23.9 Å². The van der Waals surface area contributed by atoms with Crippen LogP contribution >= 0.6 is 0 Å². The minimum atomic E-state index is -0.591. The van der Waals surface area contributed by atoms with Crippen LogP contribution in [-0.4, -0.2) is 37.0 Å². The van der Waals surface area contributed by atoms with Gasteiger partial charge in [-0.15, -0.1) is 0 Å². The molecule has 0 aliphatic rings. The molecule has 0 bridgehead atoms. The van der Waals surface area contributed by atoms with E-state index in [1.165, 1.54) is 6.20 Å². The maximum atomic E-state index is 12.4. The van der Waals surface area contributed by atoms with Crippen molar-refractivity contribution in [3.8, 4) is 5.75 Å². The Bertz CT molecular complexity index is 1060. The number of para-hydroxylation sites is 2. The van der Waals surface area contributed by atoms with Gasteiger partial charge in [-0.2, -0.15) is 0 Å². The fraction of sp³-hybridized carbons (Fsp3) is 0.190. The van der Waals surface area contributed by atoms with Gasteiger partial charge in [-0.1, -0.05) is 30.3 Å². The second-order valence-electron chi connectivity index (χ2n) is 6.17. The number of methoxy groups -OCH3 is 1. The molecule has 0 saturated heterocycles. The molecule has 3 N–H and O–H groups in total. The van der Waals surface area contributed by atoms with Gasteiger partial charge in [0.1, 0.15) is 11.3 Å². The lowest BCUT2D eigenvalue weighted by Gasteiger charge is -2.10. The minimum Gasteiger partial charge on any atom is -0.496 e. The van der Waals surface area contributed by atoms with Gasteiger partial charge in [0.05, 0.1) is 13.7 Å². The molecule has 3 aromatic rings. The van der Waals surface area contributed by atoms with Gasteiger partial charge < -0.3 is 20.4 Å². The van der Waals surface area contributed by atoms with Crippen molar-refractivity contribution in [2.75, 3.05) is 20.2 Å². The Morgan fingerprint density at radius 1 is 1.04 bits per heavy atom. The number of rotatable bonds is 7. The first-order valence-electron chi connectivity index (χ1n) is 8.87. The number of H-pyrrole nitrogens is 1. The van der Waals surface area contributed by atoms with Gasteiger partial charge in [0.25, 0.3) is 5.91 Å². The third-order valence-electron chi connectivity index (χ3n) is 4.35. The smallest absolute Gasteiger partial charge is 0.257 e. The number of aromatic amines is 1. The number of benzene rings is 2. The highest BCUT2D eigenvalue weighted by molar-refractivity contribution is 5.98. The average Bonchev–Trinajstić information content (AvgIpc) is 2.73. The molecule has 0 saturated carbocycles. The number of carbonyl (C=O) groups excluding carboxylic acids is 2. The highest BCUT2D eigenvalue weighted by Crippen LogP contribution is 2.17. The Morgan fingerprint density at radius 2 is 1.79 bits per heavy atom. The van der Waals surface area contributed by atoms with Crippen LogP contribution in [0.25, 0.3) is 10.9 Å². The van der Waals surface area contributed by atoms with Crippen LogP contribution in [0.2, 0.25) is 0 Å². The molecule has 0 radical (unpaired) electrons. The molecule has 7 nitrogen and oxygen atoms in total. The maximum Gasteiger partial charge on any atom is 0.257 e. The number of fused-ring (bicyclic) bond motifs is 1. The van der Waals surface area contributed by atoms with Crippen LogP contribution in [-0.2, 0) is 11.2 Å². The van der Waals surface area contributed by atoms with Crippen molar-refractivity contribution in [3.63, 3.8) is 0 Å². The quantitative estimate of drug-likeness (QED) is 0.581. The molecule has 1 aromatic heterocycles. The predicted octanol–water partition coefficient (Wildman–Crippen LogP) is 1.63. The lowest BCUT2D eigenvalue weighted by molar-refractivity contribution is -0.120. The number of amides is 2. The molecule has 144 valence electrons. The zero-order valence-electron chi connectivity index (χ0n) is 15.5. The molecule has 28 heavy (non-hydrogen) atoms. The summed E-state index contributed by atoms with van der Waals surface area (Å²) < 4.78 is 5.27. The first kappa shape index (κ1) is 19.2. The predicted molar refractivity (Wildman–Crippen MR) is 107 cm³/mol. The number of hydrogen-bond acceptors (Lipinski definition) is 4.